The Hall–Kier alpha value is -0.870. The molecule has 1 amide bonds. The number of carbonyl (C=O) groups excluding carboxylic acids is 1. The zero-order valence-electron chi connectivity index (χ0n) is 12.4. The van der Waals surface area contributed by atoms with Gasteiger partial charge in [0.2, 0.25) is 5.91 Å². The van der Waals surface area contributed by atoms with E-state index in [1.165, 1.54) is 4.88 Å². The molecule has 1 aliphatic rings. The van der Waals surface area contributed by atoms with Gasteiger partial charge in [0.1, 0.15) is 6.17 Å². The Morgan fingerprint density at radius 2 is 1.95 bits per heavy atom. The second-order valence-electron chi connectivity index (χ2n) is 6.04. The van der Waals surface area contributed by atoms with Crippen LogP contribution in [0.4, 0.5) is 0 Å². The van der Waals surface area contributed by atoms with Crippen LogP contribution in [0.2, 0.25) is 0 Å². The van der Waals surface area contributed by atoms with Gasteiger partial charge in [-0.05, 0) is 30.2 Å². The van der Waals surface area contributed by atoms with Crippen LogP contribution in [0, 0.1) is 11.8 Å². The van der Waals surface area contributed by atoms with E-state index in [0.29, 0.717) is 11.8 Å². The first-order valence-electron chi connectivity index (χ1n) is 7.05. The van der Waals surface area contributed by atoms with Crippen molar-refractivity contribution in [2.24, 2.45) is 11.8 Å². The molecule has 3 atom stereocenters. The molecular formula is C15H24N2OS. The quantitative estimate of drug-likeness (QED) is 0.918. The second-order valence-corrected chi connectivity index (χ2v) is 7.02. The largest absolute Gasteiger partial charge is 0.318 e. The van der Waals surface area contributed by atoms with Crippen LogP contribution in [0.5, 0.6) is 0 Å². The summed E-state index contributed by atoms with van der Waals surface area (Å²) in [6, 6.07) is 4.34. The molecule has 0 radical (unpaired) electrons. The van der Waals surface area contributed by atoms with Crippen LogP contribution in [-0.4, -0.2) is 22.9 Å². The van der Waals surface area contributed by atoms with Gasteiger partial charge in [0.15, 0.2) is 0 Å². The molecule has 2 rings (SSSR count). The summed E-state index contributed by atoms with van der Waals surface area (Å²) < 4.78 is 0. The van der Waals surface area contributed by atoms with Crippen LogP contribution in [0.3, 0.4) is 0 Å². The van der Waals surface area contributed by atoms with Crippen LogP contribution in [0.1, 0.15) is 45.7 Å². The SMILES string of the molecule is CC(C)C1NC(c2cccs2)N(C(C)C(C)C)C1=O. The number of nitrogens with one attached hydrogen (secondary N) is 1. The van der Waals surface area contributed by atoms with Crippen molar-refractivity contribution >= 4 is 17.2 Å². The average Bonchev–Trinajstić information content (AvgIpc) is 2.94. The lowest BCUT2D eigenvalue weighted by molar-refractivity contribution is -0.133. The molecule has 1 aromatic heterocycles. The first kappa shape index (κ1) is 14.5. The maximum Gasteiger partial charge on any atom is 0.241 e. The van der Waals surface area contributed by atoms with Crippen molar-refractivity contribution in [3.8, 4) is 0 Å². The zero-order valence-corrected chi connectivity index (χ0v) is 13.2. The van der Waals surface area contributed by atoms with E-state index in [1.807, 2.05) is 11.0 Å². The summed E-state index contributed by atoms with van der Waals surface area (Å²) in [7, 11) is 0. The fourth-order valence-electron chi connectivity index (χ4n) is 2.51. The minimum atomic E-state index is -0.0618. The van der Waals surface area contributed by atoms with Gasteiger partial charge in [-0.15, -0.1) is 11.3 Å². The second kappa shape index (κ2) is 5.63. The molecule has 1 fully saturated rings. The number of nitrogens with zero attached hydrogens (tertiary/aromatic N) is 1. The Labute approximate surface area is 120 Å². The third kappa shape index (κ3) is 2.70. The highest BCUT2D eigenvalue weighted by Gasteiger charge is 2.43. The van der Waals surface area contributed by atoms with Crippen LogP contribution in [-0.2, 0) is 4.79 Å². The van der Waals surface area contributed by atoms with Crippen LogP contribution < -0.4 is 5.32 Å². The molecule has 1 saturated heterocycles. The third-order valence-electron chi connectivity index (χ3n) is 4.02. The molecule has 106 valence electrons. The molecule has 3 nitrogen and oxygen atoms in total. The smallest absolute Gasteiger partial charge is 0.241 e. The van der Waals surface area contributed by atoms with E-state index in [-0.39, 0.29) is 24.2 Å². The predicted octanol–water partition coefficient (Wildman–Crippen LogP) is 3.25. The number of hydrogen-bond donors (Lipinski definition) is 1. The molecule has 1 N–H and O–H groups in total. The molecule has 0 aliphatic carbocycles. The molecule has 19 heavy (non-hydrogen) atoms. The predicted molar refractivity (Wildman–Crippen MR) is 80.0 cm³/mol. The number of thiophene rings is 1. The summed E-state index contributed by atoms with van der Waals surface area (Å²) in [5.41, 5.74) is 0. The van der Waals surface area contributed by atoms with E-state index in [9.17, 15) is 4.79 Å². The van der Waals surface area contributed by atoms with E-state index in [0.717, 1.165) is 0 Å². The van der Waals surface area contributed by atoms with Crippen molar-refractivity contribution in [1.82, 2.24) is 10.2 Å². The number of hydrogen-bond acceptors (Lipinski definition) is 3. The summed E-state index contributed by atoms with van der Waals surface area (Å²) in [4.78, 5) is 15.9. The molecule has 0 spiro atoms. The van der Waals surface area contributed by atoms with Gasteiger partial charge in [-0.1, -0.05) is 33.8 Å². The van der Waals surface area contributed by atoms with E-state index in [2.05, 4.69) is 51.4 Å². The highest BCUT2D eigenvalue weighted by molar-refractivity contribution is 7.10. The molecule has 3 unspecified atom stereocenters. The molecular weight excluding hydrogens is 256 g/mol. The van der Waals surface area contributed by atoms with E-state index < -0.39 is 0 Å². The topological polar surface area (TPSA) is 32.3 Å². The number of carbonyl (C=O) groups is 1. The Balaban J connectivity index is 2.31. The maximum absolute atomic E-state index is 12.7. The molecule has 1 aliphatic heterocycles. The zero-order chi connectivity index (χ0) is 14.2. The van der Waals surface area contributed by atoms with Gasteiger partial charge in [0.25, 0.3) is 0 Å². The van der Waals surface area contributed by atoms with E-state index >= 15 is 0 Å². The first-order chi connectivity index (χ1) is 8.93. The van der Waals surface area contributed by atoms with Crippen molar-refractivity contribution in [2.45, 2.75) is 52.9 Å². The van der Waals surface area contributed by atoms with Gasteiger partial charge in [0, 0.05) is 10.9 Å². The number of rotatable bonds is 4. The number of amides is 1. The Morgan fingerprint density at radius 3 is 2.42 bits per heavy atom. The Bertz CT molecular complexity index is 427. The van der Waals surface area contributed by atoms with Gasteiger partial charge in [-0.3, -0.25) is 10.1 Å². The fourth-order valence-corrected chi connectivity index (χ4v) is 3.29. The van der Waals surface area contributed by atoms with Gasteiger partial charge in [-0.2, -0.15) is 0 Å². The molecule has 0 aromatic carbocycles. The molecule has 2 heterocycles. The fraction of sp³-hybridized carbons (Fsp3) is 0.667. The summed E-state index contributed by atoms with van der Waals surface area (Å²) >= 11 is 1.71. The van der Waals surface area contributed by atoms with Gasteiger partial charge in [0.05, 0.1) is 6.04 Å². The van der Waals surface area contributed by atoms with E-state index in [1.54, 1.807) is 11.3 Å². The van der Waals surface area contributed by atoms with Gasteiger partial charge in [-0.25, -0.2) is 0 Å². The Kier molecular flexibility index (Phi) is 4.31. The van der Waals surface area contributed by atoms with Crippen LogP contribution in [0.15, 0.2) is 17.5 Å². The van der Waals surface area contributed by atoms with Crippen molar-refractivity contribution < 1.29 is 4.79 Å². The van der Waals surface area contributed by atoms with Gasteiger partial charge >= 0.3 is 0 Å². The lowest BCUT2D eigenvalue weighted by Crippen LogP contribution is -2.41. The van der Waals surface area contributed by atoms with Crippen molar-refractivity contribution in [1.29, 1.82) is 0 Å². The van der Waals surface area contributed by atoms with Gasteiger partial charge < -0.3 is 4.90 Å². The third-order valence-corrected chi connectivity index (χ3v) is 4.94. The van der Waals surface area contributed by atoms with Crippen LogP contribution >= 0.6 is 11.3 Å². The lowest BCUT2D eigenvalue weighted by Gasteiger charge is -2.32. The summed E-state index contributed by atoms with van der Waals surface area (Å²) in [5.74, 6) is 1.02. The first-order valence-corrected chi connectivity index (χ1v) is 7.93. The lowest BCUT2D eigenvalue weighted by atomic mass is 10.0. The Morgan fingerprint density at radius 1 is 1.26 bits per heavy atom. The van der Waals surface area contributed by atoms with Crippen molar-refractivity contribution in [3.05, 3.63) is 22.4 Å². The van der Waals surface area contributed by atoms with Crippen molar-refractivity contribution in [3.63, 3.8) is 0 Å². The molecule has 4 heteroatoms. The highest BCUT2D eigenvalue weighted by atomic mass is 32.1. The molecule has 0 bridgehead atoms. The summed E-state index contributed by atoms with van der Waals surface area (Å²) in [6.45, 7) is 10.7. The molecule has 0 saturated carbocycles. The summed E-state index contributed by atoms with van der Waals surface area (Å²) in [6.07, 6.45) is 0.0392. The van der Waals surface area contributed by atoms with E-state index in [4.69, 9.17) is 0 Å². The van der Waals surface area contributed by atoms with Crippen LogP contribution in [0.25, 0.3) is 0 Å². The summed E-state index contributed by atoms with van der Waals surface area (Å²) in [5, 5.41) is 5.59. The standard InChI is InChI=1S/C15H24N2OS/c1-9(2)11(5)17-14(12-7-6-8-19-12)16-13(10(3)4)15(17)18/h6-11,13-14,16H,1-5H3. The normalized spacial score (nSPS) is 25.6. The monoisotopic (exact) mass is 280 g/mol. The average molecular weight is 280 g/mol. The van der Waals surface area contributed by atoms with Crippen molar-refractivity contribution in [2.75, 3.05) is 0 Å². The minimum Gasteiger partial charge on any atom is -0.318 e. The highest BCUT2D eigenvalue weighted by Crippen LogP contribution is 2.33. The molecule has 1 aromatic rings. The maximum atomic E-state index is 12.7. The minimum absolute atomic E-state index is 0.0392.